The van der Waals surface area contributed by atoms with E-state index in [-0.39, 0.29) is 12.5 Å². The molecule has 1 fully saturated rings. The number of hydrogen-bond donors (Lipinski definition) is 1. The lowest BCUT2D eigenvalue weighted by Gasteiger charge is -2.35. The standard InChI is InChI=1S/C20H32N2O4/c1-16(2)11-18(22-7-9-25-10-8-22)13-21-20(23)15-26-14-17-5-4-6-19(12-17)24-3/h4-6,12,16,18H,7-11,13-15H2,1-3H3,(H,21,23). The van der Waals surface area contributed by atoms with Crippen molar-refractivity contribution < 1.29 is 19.0 Å². The van der Waals surface area contributed by atoms with Crippen LogP contribution < -0.4 is 10.1 Å². The second-order valence-electron chi connectivity index (χ2n) is 7.08. The van der Waals surface area contributed by atoms with Crippen molar-refractivity contribution in [3.8, 4) is 5.75 Å². The number of methoxy groups -OCH3 is 1. The third-order valence-corrected chi connectivity index (χ3v) is 4.48. The van der Waals surface area contributed by atoms with Gasteiger partial charge in [-0.05, 0) is 30.0 Å². The van der Waals surface area contributed by atoms with Crippen molar-refractivity contribution >= 4 is 5.91 Å². The zero-order valence-corrected chi connectivity index (χ0v) is 16.2. The summed E-state index contributed by atoms with van der Waals surface area (Å²) in [6, 6.07) is 8.01. The third-order valence-electron chi connectivity index (χ3n) is 4.48. The number of ether oxygens (including phenoxy) is 3. The van der Waals surface area contributed by atoms with Crippen molar-refractivity contribution in [2.75, 3.05) is 46.6 Å². The zero-order valence-electron chi connectivity index (χ0n) is 16.2. The zero-order chi connectivity index (χ0) is 18.8. The highest BCUT2D eigenvalue weighted by atomic mass is 16.5. The number of morpholine rings is 1. The van der Waals surface area contributed by atoms with Gasteiger partial charge in [-0.1, -0.05) is 26.0 Å². The Labute approximate surface area is 156 Å². The number of amides is 1. The normalized spacial score (nSPS) is 16.5. The van der Waals surface area contributed by atoms with E-state index < -0.39 is 0 Å². The molecule has 0 saturated carbocycles. The SMILES string of the molecule is COc1cccc(COCC(=O)NCC(CC(C)C)N2CCOCC2)c1. The number of rotatable bonds is 10. The van der Waals surface area contributed by atoms with Crippen LogP contribution in [0.2, 0.25) is 0 Å². The van der Waals surface area contributed by atoms with Gasteiger partial charge >= 0.3 is 0 Å². The van der Waals surface area contributed by atoms with Crippen molar-refractivity contribution in [2.45, 2.75) is 32.9 Å². The molecule has 1 heterocycles. The maximum absolute atomic E-state index is 12.1. The lowest BCUT2D eigenvalue weighted by molar-refractivity contribution is -0.126. The van der Waals surface area contributed by atoms with E-state index in [9.17, 15) is 4.79 Å². The topological polar surface area (TPSA) is 60.0 Å². The van der Waals surface area contributed by atoms with Crippen molar-refractivity contribution in [3.05, 3.63) is 29.8 Å². The fourth-order valence-corrected chi connectivity index (χ4v) is 3.15. The van der Waals surface area contributed by atoms with Crippen molar-refractivity contribution in [1.82, 2.24) is 10.2 Å². The lowest BCUT2D eigenvalue weighted by atomic mass is 10.0. The molecular formula is C20H32N2O4. The molecule has 1 aliphatic rings. The molecule has 1 amide bonds. The minimum Gasteiger partial charge on any atom is -0.497 e. The molecule has 0 bridgehead atoms. The molecule has 1 aliphatic heterocycles. The van der Waals surface area contributed by atoms with Crippen LogP contribution in [-0.2, 0) is 20.9 Å². The second-order valence-corrected chi connectivity index (χ2v) is 7.08. The third kappa shape index (κ3) is 7.32. The van der Waals surface area contributed by atoms with Gasteiger partial charge in [-0.2, -0.15) is 0 Å². The van der Waals surface area contributed by atoms with Crippen molar-refractivity contribution in [3.63, 3.8) is 0 Å². The first-order chi connectivity index (χ1) is 12.6. The Kier molecular flexibility index (Phi) is 8.88. The van der Waals surface area contributed by atoms with Crippen LogP contribution in [0.5, 0.6) is 5.75 Å². The molecule has 0 aromatic heterocycles. The largest absolute Gasteiger partial charge is 0.497 e. The van der Waals surface area contributed by atoms with Gasteiger partial charge in [-0.15, -0.1) is 0 Å². The highest BCUT2D eigenvalue weighted by Crippen LogP contribution is 2.14. The van der Waals surface area contributed by atoms with Crippen LogP contribution in [0.25, 0.3) is 0 Å². The van der Waals surface area contributed by atoms with E-state index in [1.807, 2.05) is 24.3 Å². The van der Waals surface area contributed by atoms with Crippen molar-refractivity contribution in [2.24, 2.45) is 5.92 Å². The Morgan fingerprint density at radius 1 is 1.31 bits per heavy atom. The molecule has 1 aromatic carbocycles. The minimum absolute atomic E-state index is 0.0642. The molecule has 2 rings (SSSR count). The van der Waals surface area contributed by atoms with Gasteiger partial charge in [0.1, 0.15) is 12.4 Å². The van der Waals surface area contributed by atoms with Gasteiger partial charge in [0.25, 0.3) is 0 Å². The maximum Gasteiger partial charge on any atom is 0.246 e. The summed E-state index contributed by atoms with van der Waals surface area (Å²) < 4.78 is 16.2. The molecule has 1 saturated heterocycles. The number of carbonyl (C=O) groups excluding carboxylic acids is 1. The Balaban J connectivity index is 1.72. The van der Waals surface area contributed by atoms with E-state index in [1.54, 1.807) is 7.11 Å². The van der Waals surface area contributed by atoms with Crippen LogP contribution >= 0.6 is 0 Å². The van der Waals surface area contributed by atoms with E-state index in [4.69, 9.17) is 14.2 Å². The molecule has 0 spiro atoms. The van der Waals surface area contributed by atoms with Crippen LogP contribution in [0.1, 0.15) is 25.8 Å². The van der Waals surface area contributed by atoms with Crippen LogP contribution in [0.4, 0.5) is 0 Å². The molecule has 1 N–H and O–H groups in total. The summed E-state index contributed by atoms with van der Waals surface area (Å²) in [5.41, 5.74) is 0.989. The Morgan fingerprint density at radius 3 is 2.77 bits per heavy atom. The van der Waals surface area contributed by atoms with Gasteiger partial charge in [0, 0.05) is 25.7 Å². The molecular weight excluding hydrogens is 332 g/mol. The van der Waals surface area contributed by atoms with Gasteiger partial charge in [-0.25, -0.2) is 0 Å². The molecule has 0 aliphatic carbocycles. The fourth-order valence-electron chi connectivity index (χ4n) is 3.15. The first-order valence-electron chi connectivity index (χ1n) is 9.37. The molecule has 1 aromatic rings. The van der Waals surface area contributed by atoms with E-state index >= 15 is 0 Å². The number of nitrogens with zero attached hydrogens (tertiary/aromatic N) is 1. The average Bonchev–Trinajstić information content (AvgIpc) is 2.65. The summed E-state index contributed by atoms with van der Waals surface area (Å²) >= 11 is 0. The molecule has 0 radical (unpaired) electrons. The smallest absolute Gasteiger partial charge is 0.246 e. The van der Waals surface area contributed by atoms with Crippen LogP contribution in [0, 0.1) is 5.92 Å². The quantitative estimate of drug-likeness (QED) is 0.689. The highest BCUT2D eigenvalue weighted by molar-refractivity contribution is 5.77. The van der Waals surface area contributed by atoms with Crippen LogP contribution in [-0.4, -0.2) is 63.4 Å². The predicted octanol–water partition coefficient (Wildman–Crippen LogP) is 2.07. The first kappa shape index (κ1) is 20.7. The summed E-state index contributed by atoms with van der Waals surface area (Å²) in [5, 5.41) is 3.02. The van der Waals surface area contributed by atoms with E-state index in [2.05, 4.69) is 24.1 Å². The Hall–Kier alpha value is -1.63. The van der Waals surface area contributed by atoms with E-state index in [0.717, 1.165) is 44.0 Å². The van der Waals surface area contributed by atoms with Gasteiger partial charge < -0.3 is 19.5 Å². The number of nitrogens with one attached hydrogen (secondary N) is 1. The lowest BCUT2D eigenvalue weighted by Crippen LogP contribution is -2.49. The molecule has 26 heavy (non-hydrogen) atoms. The van der Waals surface area contributed by atoms with Crippen LogP contribution in [0.15, 0.2) is 24.3 Å². The minimum atomic E-state index is -0.0742. The van der Waals surface area contributed by atoms with E-state index in [1.165, 1.54) is 0 Å². The molecule has 1 unspecified atom stereocenters. The summed E-state index contributed by atoms with van der Waals surface area (Å²) in [4.78, 5) is 14.5. The summed E-state index contributed by atoms with van der Waals surface area (Å²) in [6.07, 6.45) is 1.06. The number of hydrogen-bond acceptors (Lipinski definition) is 5. The maximum atomic E-state index is 12.1. The Bertz CT molecular complexity index is 544. The van der Waals surface area contributed by atoms with Gasteiger partial charge in [0.2, 0.25) is 5.91 Å². The summed E-state index contributed by atoms with van der Waals surface area (Å²) in [6.45, 7) is 8.94. The second kappa shape index (κ2) is 11.2. The summed E-state index contributed by atoms with van der Waals surface area (Å²) in [7, 11) is 1.63. The van der Waals surface area contributed by atoms with Gasteiger partial charge in [0.15, 0.2) is 0 Å². The first-order valence-corrected chi connectivity index (χ1v) is 9.37. The van der Waals surface area contributed by atoms with Crippen LogP contribution in [0.3, 0.4) is 0 Å². The Morgan fingerprint density at radius 2 is 2.08 bits per heavy atom. The summed E-state index contributed by atoms with van der Waals surface area (Å²) in [5.74, 6) is 1.30. The molecule has 6 nitrogen and oxygen atoms in total. The average molecular weight is 364 g/mol. The van der Waals surface area contributed by atoms with Gasteiger partial charge in [0.05, 0.1) is 26.9 Å². The van der Waals surface area contributed by atoms with Gasteiger partial charge in [-0.3, -0.25) is 9.69 Å². The van der Waals surface area contributed by atoms with Crippen molar-refractivity contribution in [1.29, 1.82) is 0 Å². The predicted molar refractivity (Wildman–Crippen MR) is 101 cm³/mol. The molecule has 6 heteroatoms. The number of benzene rings is 1. The molecule has 1 atom stereocenters. The number of carbonyl (C=O) groups is 1. The molecule has 146 valence electrons. The fraction of sp³-hybridized carbons (Fsp3) is 0.650. The highest BCUT2D eigenvalue weighted by Gasteiger charge is 2.22. The monoisotopic (exact) mass is 364 g/mol. The van der Waals surface area contributed by atoms with E-state index in [0.29, 0.717) is 25.1 Å².